The number of nitrogens with two attached hydrogens (primary N) is 2. The van der Waals surface area contributed by atoms with Gasteiger partial charge in [-0.2, -0.15) is 5.10 Å². The molecular formula is C14H20N4O4. The van der Waals surface area contributed by atoms with Gasteiger partial charge in [-0.15, -0.1) is 5.10 Å². The molecule has 8 heteroatoms. The number of guanidine groups is 1. The van der Waals surface area contributed by atoms with Crippen LogP contribution >= 0.6 is 0 Å². The molecule has 0 fully saturated rings. The molecule has 1 atom stereocenters. The van der Waals surface area contributed by atoms with E-state index in [9.17, 15) is 4.79 Å². The Hall–Kier alpha value is -2.77. The van der Waals surface area contributed by atoms with Gasteiger partial charge < -0.3 is 25.7 Å². The lowest BCUT2D eigenvalue weighted by atomic mass is 10.2. The SMILES string of the molecule is CCOc1cc(C=NN=C(N)N)ccc1OC(C)C(=O)OC. The normalized spacial score (nSPS) is 11.8. The lowest BCUT2D eigenvalue weighted by Gasteiger charge is -2.16. The van der Waals surface area contributed by atoms with Gasteiger partial charge in [0.2, 0.25) is 5.96 Å². The minimum atomic E-state index is -0.745. The summed E-state index contributed by atoms with van der Waals surface area (Å²) in [6, 6.07) is 5.10. The molecule has 1 aromatic rings. The van der Waals surface area contributed by atoms with Crippen LogP contribution in [0.1, 0.15) is 19.4 Å². The van der Waals surface area contributed by atoms with Gasteiger partial charge in [-0.1, -0.05) is 0 Å². The van der Waals surface area contributed by atoms with Crippen molar-refractivity contribution in [1.29, 1.82) is 0 Å². The monoisotopic (exact) mass is 308 g/mol. The van der Waals surface area contributed by atoms with Crippen molar-refractivity contribution < 1.29 is 19.0 Å². The highest BCUT2D eigenvalue weighted by molar-refractivity contribution is 5.82. The molecule has 0 aromatic heterocycles. The average Bonchev–Trinajstić information content (AvgIpc) is 2.48. The van der Waals surface area contributed by atoms with E-state index in [4.69, 9.17) is 20.9 Å². The summed E-state index contributed by atoms with van der Waals surface area (Å²) in [6.07, 6.45) is 0.723. The molecule has 0 aliphatic carbocycles. The van der Waals surface area contributed by atoms with E-state index in [1.54, 1.807) is 25.1 Å². The Bertz CT molecular complexity index is 568. The van der Waals surface area contributed by atoms with E-state index in [2.05, 4.69) is 14.9 Å². The van der Waals surface area contributed by atoms with Crippen LogP contribution in [0.3, 0.4) is 0 Å². The van der Waals surface area contributed by atoms with Crippen LogP contribution in [-0.4, -0.2) is 38.0 Å². The predicted molar refractivity (Wildman–Crippen MR) is 83.1 cm³/mol. The van der Waals surface area contributed by atoms with Crippen molar-refractivity contribution in [2.45, 2.75) is 20.0 Å². The van der Waals surface area contributed by atoms with Gasteiger partial charge in [-0.3, -0.25) is 0 Å². The van der Waals surface area contributed by atoms with Crippen molar-refractivity contribution >= 4 is 18.1 Å². The number of ether oxygens (including phenoxy) is 3. The van der Waals surface area contributed by atoms with E-state index >= 15 is 0 Å². The highest BCUT2D eigenvalue weighted by Gasteiger charge is 2.17. The molecule has 0 amide bonds. The highest BCUT2D eigenvalue weighted by Crippen LogP contribution is 2.29. The molecule has 0 heterocycles. The third kappa shape index (κ3) is 5.31. The molecule has 0 bridgehead atoms. The molecule has 1 aromatic carbocycles. The first-order valence-corrected chi connectivity index (χ1v) is 6.61. The van der Waals surface area contributed by atoms with Crippen LogP contribution in [0.2, 0.25) is 0 Å². The largest absolute Gasteiger partial charge is 0.490 e. The third-order valence-corrected chi connectivity index (χ3v) is 2.48. The Balaban J connectivity index is 2.97. The number of carbonyl (C=O) groups excluding carboxylic acids is 1. The molecule has 22 heavy (non-hydrogen) atoms. The molecular weight excluding hydrogens is 288 g/mol. The lowest BCUT2D eigenvalue weighted by Crippen LogP contribution is -2.25. The number of rotatable bonds is 7. The molecule has 120 valence electrons. The van der Waals surface area contributed by atoms with Gasteiger partial charge in [0.15, 0.2) is 17.6 Å². The molecule has 0 radical (unpaired) electrons. The second-order valence-electron chi connectivity index (χ2n) is 4.19. The maximum Gasteiger partial charge on any atom is 0.346 e. The lowest BCUT2D eigenvalue weighted by molar-refractivity contribution is -0.147. The van der Waals surface area contributed by atoms with Crippen LogP contribution in [0.25, 0.3) is 0 Å². The van der Waals surface area contributed by atoms with E-state index in [-0.39, 0.29) is 5.96 Å². The Morgan fingerprint density at radius 2 is 2.09 bits per heavy atom. The summed E-state index contributed by atoms with van der Waals surface area (Å²) in [5.74, 6) is 0.305. The Labute approximate surface area is 128 Å². The fourth-order valence-electron chi connectivity index (χ4n) is 1.54. The summed E-state index contributed by atoms with van der Waals surface area (Å²) >= 11 is 0. The zero-order chi connectivity index (χ0) is 16.5. The van der Waals surface area contributed by atoms with E-state index < -0.39 is 12.1 Å². The smallest absolute Gasteiger partial charge is 0.346 e. The zero-order valence-corrected chi connectivity index (χ0v) is 12.8. The first-order chi connectivity index (χ1) is 10.5. The number of benzene rings is 1. The topological polar surface area (TPSA) is 122 Å². The van der Waals surface area contributed by atoms with Gasteiger partial charge in [0.25, 0.3) is 0 Å². The van der Waals surface area contributed by atoms with Crippen LogP contribution in [-0.2, 0) is 9.53 Å². The summed E-state index contributed by atoms with van der Waals surface area (Å²) < 4.78 is 15.7. The first-order valence-electron chi connectivity index (χ1n) is 6.61. The van der Waals surface area contributed by atoms with Gasteiger partial charge in [0, 0.05) is 0 Å². The van der Waals surface area contributed by atoms with E-state index in [0.717, 1.165) is 0 Å². The summed E-state index contributed by atoms with van der Waals surface area (Å²) in [7, 11) is 1.30. The summed E-state index contributed by atoms with van der Waals surface area (Å²) in [5.41, 5.74) is 11.1. The summed E-state index contributed by atoms with van der Waals surface area (Å²) in [4.78, 5) is 11.4. The van der Waals surface area contributed by atoms with E-state index in [1.807, 2.05) is 6.92 Å². The van der Waals surface area contributed by atoms with E-state index in [1.165, 1.54) is 13.3 Å². The summed E-state index contributed by atoms with van der Waals surface area (Å²) in [5, 5.41) is 7.23. The van der Waals surface area contributed by atoms with Gasteiger partial charge in [0.05, 0.1) is 19.9 Å². The molecule has 0 aliphatic heterocycles. The molecule has 1 unspecified atom stereocenters. The fraction of sp³-hybridized carbons (Fsp3) is 0.357. The molecule has 0 aliphatic rings. The van der Waals surface area contributed by atoms with Crippen LogP contribution in [0.4, 0.5) is 0 Å². The molecule has 8 nitrogen and oxygen atoms in total. The third-order valence-electron chi connectivity index (χ3n) is 2.48. The minimum absolute atomic E-state index is 0.131. The number of carbonyl (C=O) groups is 1. The standard InChI is InChI=1S/C14H20N4O4/c1-4-21-12-7-10(8-17-18-14(15)16)5-6-11(12)22-9(2)13(19)20-3/h5-9H,4H2,1-3H3,(H4,15,16,18). The van der Waals surface area contributed by atoms with Crippen molar-refractivity contribution in [2.24, 2.45) is 21.7 Å². The average molecular weight is 308 g/mol. The first kappa shape index (κ1) is 17.3. The van der Waals surface area contributed by atoms with Crippen LogP contribution in [0.5, 0.6) is 11.5 Å². The van der Waals surface area contributed by atoms with Crippen molar-refractivity contribution in [3.05, 3.63) is 23.8 Å². The molecule has 4 N–H and O–H groups in total. The molecule has 1 rings (SSSR count). The minimum Gasteiger partial charge on any atom is -0.490 e. The number of methoxy groups -OCH3 is 1. The van der Waals surface area contributed by atoms with Crippen LogP contribution < -0.4 is 20.9 Å². The van der Waals surface area contributed by atoms with Gasteiger partial charge >= 0.3 is 5.97 Å². The van der Waals surface area contributed by atoms with Gasteiger partial charge in [-0.05, 0) is 37.6 Å². The van der Waals surface area contributed by atoms with Crippen molar-refractivity contribution in [3.63, 3.8) is 0 Å². The predicted octanol–water partition coefficient (Wildman–Crippen LogP) is 0.633. The quantitative estimate of drug-likeness (QED) is 0.330. The Kier molecular flexibility index (Phi) is 6.68. The number of hydrogen-bond acceptors (Lipinski definition) is 6. The van der Waals surface area contributed by atoms with Gasteiger partial charge in [0.1, 0.15) is 0 Å². The maximum absolute atomic E-state index is 11.4. The summed E-state index contributed by atoms with van der Waals surface area (Å²) in [6.45, 7) is 3.88. The van der Waals surface area contributed by atoms with Crippen molar-refractivity contribution in [2.75, 3.05) is 13.7 Å². The second-order valence-corrected chi connectivity index (χ2v) is 4.19. The van der Waals surface area contributed by atoms with Crippen molar-refractivity contribution in [1.82, 2.24) is 0 Å². The highest BCUT2D eigenvalue weighted by atomic mass is 16.6. The van der Waals surface area contributed by atoms with Gasteiger partial charge in [-0.25, -0.2) is 4.79 Å². The zero-order valence-electron chi connectivity index (χ0n) is 12.8. The van der Waals surface area contributed by atoms with Crippen molar-refractivity contribution in [3.8, 4) is 11.5 Å². The van der Waals surface area contributed by atoms with Crippen LogP contribution in [0, 0.1) is 0 Å². The Morgan fingerprint density at radius 1 is 1.36 bits per heavy atom. The number of nitrogens with zero attached hydrogens (tertiary/aromatic N) is 2. The molecule has 0 spiro atoms. The second kappa shape index (κ2) is 8.50. The van der Waals surface area contributed by atoms with Crippen LogP contribution in [0.15, 0.2) is 28.4 Å². The number of esters is 1. The Morgan fingerprint density at radius 3 is 2.68 bits per heavy atom. The van der Waals surface area contributed by atoms with E-state index in [0.29, 0.717) is 23.7 Å². The molecule has 0 saturated heterocycles. The maximum atomic E-state index is 11.4. The number of hydrogen-bond donors (Lipinski definition) is 2. The fourth-order valence-corrected chi connectivity index (χ4v) is 1.54. The molecule has 0 saturated carbocycles.